The summed E-state index contributed by atoms with van der Waals surface area (Å²) in [5.41, 5.74) is 7.01. The Morgan fingerprint density at radius 3 is 1.64 bits per heavy atom. The van der Waals surface area contributed by atoms with Crippen LogP contribution in [0.25, 0.3) is 0 Å². The average Bonchev–Trinajstić information content (AvgIpc) is 2.96. The molecule has 0 aromatic heterocycles. The molecular formula is C24H27Cl3Ti. The summed E-state index contributed by atoms with van der Waals surface area (Å²) in [5.74, 6) is 0. The molecule has 4 heteroatoms. The summed E-state index contributed by atoms with van der Waals surface area (Å²) in [5, 5.41) is 0. The van der Waals surface area contributed by atoms with E-state index in [4.69, 9.17) is 0 Å². The Balaban J connectivity index is 0. The fourth-order valence-electron chi connectivity index (χ4n) is 4.15. The van der Waals surface area contributed by atoms with E-state index in [1.807, 2.05) is 0 Å². The van der Waals surface area contributed by atoms with Gasteiger partial charge in [0.2, 0.25) is 0 Å². The van der Waals surface area contributed by atoms with Gasteiger partial charge in [-0.1, -0.05) is 118 Å². The van der Waals surface area contributed by atoms with Crippen molar-refractivity contribution in [3.05, 3.63) is 94.6 Å². The third-order valence-corrected chi connectivity index (χ3v) is 5.25. The summed E-state index contributed by atoms with van der Waals surface area (Å²) >= 11 is 0. The molecular weight excluding hydrogens is 442 g/mol. The van der Waals surface area contributed by atoms with Gasteiger partial charge in [0.25, 0.3) is 0 Å². The molecule has 0 spiro atoms. The summed E-state index contributed by atoms with van der Waals surface area (Å²) in [4.78, 5) is 0. The first-order valence-electron chi connectivity index (χ1n) is 9.09. The Hall–Kier alpha value is -0.496. The standard InChI is InChI=1S/C24H27.3ClH.Ti/c1-4-5-16-24(21-12-8-6-9-13-21,22-14-10-7-11-15-22)23-18-19(2)17-20(23)3;;;;/h6-15H,4-5,16,18H2,1-3H3;3*1H;/q-1;;;;+4/p-3. The molecule has 1 aliphatic rings. The minimum atomic E-state index is -0.0344. The third-order valence-electron chi connectivity index (χ3n) is 5.25. The fourth-order valence-corrected chi connectivity index (χ4v) is 4.15. The second-order valence-electron chi connectivity index (χ2n) is 6.93. The van der Waals surface area contributed by atoms with E-state index in [-0.39, 0.29) is 64.4 Å². The molecule has 1 aliphatic carbocycles. The van der Waals surface area contributed by atoms with Gasteiger partial charge in [-0.05, 0) is 5.41 Å². The third kappa shape index (κ3) is 6.00. The van der Waals surface area contributed by atoms with E-state index in [0.717, 1.165) is 12.8 Å². The zero-order valence-corrected chi connectivity index (χ0v) is 20.6. The quantitative estimate of drug-likeness (QED) is 0.328. The zero-order valence-electron chi connectivity index (χ0n) is 16.7. The number of halogens is 3. The number of hydrogen-bond acceptors (Lipinski definition) is 0. The van der Waals surface area contributed by atoms with Gasteiger partial charge in [0, 0.05) is 0 Å². The van der Waals surface area contributed by atoms with E-state index in [2.05, 4.69) is 87.5 Å². The van der Waals surface area contributed by atoms with Crippen LogP contribution >= 0.6 is 0 Å². The molecule has 3 rings (SSSR count). The summed E-state index contributed by atoms with van der Waals surface area (Å²) in [6.07, 6.45) is 8.21. The van der Waals surface area contributed by atoms with Crippen molar-refractivity contribution in [3.8, 4) is 0 Å². The molecule has 0 bridgehead atoms. The number of benzene rings is 2. The predicted octanol–water partition coefficient (Wildman–Crippen LogP) is -2.36. The van der Waals surface area contributed by atoms with Gasteiger partial charge in [-0.15, -0.1) is 0 Å². The SMILES string of the molecule is CCCCC(C1=C(C)[C-]=C(C)C1)(c1ccccc1)c1ccccc1.[Cl-].[Cl-].[Cl-].[Ti+4]. The van der Waals surface area contributed by atoms with Gasteiger partial charge < -0.3 is 37.2 Å². The van der Waals surface area contributed by atoms with E-state index < -0.39 is 0 Å². The second kappa shape index (κ2) is 13.7. The van der Waals surface area contributed by atoms with E-state index in [9.17, 15) is 0 Å². The van der Waals surface area contributed by atoms with Crippen molar-refractivity contribution in [1.29, 1.82) is 0 Å². The van der Waals surface area contributed by atoms with Crippen molar-refractivity contribution in [2.75, 3.05) is 0 Å². The van der Waals surface area contributed by atoms with E-state index in [0.29, 0.717) is 0 Å². The molecule has 148 valence electrons. The van der Waals surface area contributed by atoms with Crippen molar-refractivity contribution in [1.82, 2.24) is 0 Å². The Kier molecular flexibility index (Phi) is 14.5. The molecule has 0 saturated heterocycles. The maximum absolute atomic E-state index is 3.58. The molecule has 0 heterocycles. The Bertz CT molecular complexity index is 712. The van der Waals surface area contributed by atoms with Crippen LogP contribution in [-0.2, 0) is 27.1 Å². The van der Waals surface area contributed by atoms with Crippen LogP contribution < -0.4 is 37.2 Å². The topological polar surface area (TPSA) is 0 Å². The summed E-state index contributed by atoms with van der Waals surface area (Å²) in [7, 11) is 0. The first-order chi connectivity index (χ1) is 11.7. The molecule has 2 aromatic carbocycles. The second-order valence-corrected chi connectivity index (χ2v) is 6.93. The summed E-state index contributed by atoms with van der Waals surface area (Å²) < 4.78 is 0. The largest absolute Gasteiger partial charge is 4.00 e. The van der Waals surface area contributed by atoms with Gasteiger partial charge >= 0.3 is 21.7 Å². The predicted molar refractivity (Wildman–Crippen MR) is 103 cm³/mol. The first kappa shape index (κ1) is 29.7. The minimum absolute atomic E-state index is 0. The number of hydrogen-bond donors (Lipinski definition) is 0. The van der Waals surface area contributed by atoms with Crippen molar-refractivity contribution in [2.24, 2.45) is 0 Å². The van der Waals surface area contributed by atoms with Crippen LogP contribution in [0, 0.1) is 6.08 Å². The molecule has 0 atom stereocenters. The maximum atomic E-state index is 3.58. The summed E-state index contributed by atoms with van der Waals surface area (Å²) in [6.45, 7) is 6.72. The zero-order chi connectivity index (χ0) is 17.0. The van der Waals surface area contributed by atoms with Crippen LogP contribution in [0.2, 0.25) is 0 Å². The molecule has 0 unspecified atom stereocenters. The van der Waals surface area contributed by atoms with Crippen molar-refractivity contribution in [3.63, 3.8) is 0 Å². The molecule has 0 amide bonds. The van der Waals surface area contributed by atoms with Crippen molar-refractivity contribution in [2.45, 2.75) is 51.9 Å². The fraction of sp³-hybridized carbons (Fsp3) is 0.333. The van der Waals surface area contributed by atoms with Crippen LogP contribution in [0.1, 0.15) is 57.6 Å². The Morgan fingerprint density at radius 2 is 1.29 bits per heavy atom. The van der Waals surface area contributed by atoms with Gasteiger partial charge in [-0.25, -0.2) is 11.6 Å². The van der Waals surface area contributed by atoms with E-state index >= 15 is 0 Å². The molecule has 0 fully saturated rings. The van der Waals surface area contributed by atoms with Gasteiger partial charge in [-0.3, -0.25) is 0 Å². The minimum Gasteiger partial charge on any atom is -1.00 e. The van der Waals surface area contributed by atoms with Gasteiger partial charge in [0.05, 0.1) is 0 Å². The first-order valence-corrected chi connectivity index (χ1v) is 9.09. The monoisotopic (exact) mass is 468 g/mol. The molecule has 0 aliphatic heterocycles. The number of unbranched alkanes of at least 4 members (excludes halogenated alkanes) is 1. The van der Waals surface area contributed by atoms with E-state index in [1.54, 1.807) is 0 Å². The Labute approximate surface area is 204 Å². The molecule has 0 nitrogen and oxygen atoms in total. The van der Waals surface area contributed by atoms with Crippen molar-refractivity contribution >= 4 is 0 Å². The van der Waals surface area contributed by atoms with Crippen molar-refractivity contribution < 1.29 is 58.9 Å². The Morgan fingerprint density at radius 1 is 0.821 bits per heavy atom. The van der Waals surface area contributed by atoms with Gasteiger partial charge in [-0.2, -0.15) is 11.1 Å². The van der Waals surface area contributed by atoms with Crippen LogP contribution in [0.5, 0.6) is 0 Å². The van der Waals surface area contributed by atoms with Crippen LogP contribution in [0.4, 0.5) is 0 Å². The average molecular weight is 470 g/mol. The van der Waals surface area contributed by atoms with Gasteiger partial charge in [0.1, 0.15) is 0 Å². The van der Waals surface area contributed by atoms with E-state index in [1.165, 1.54) is 40.7 Å². The molecule has 0 N–H and O–H groups in total. The molecule has 0 saturated carbocycles. The molecule has 0 radical (unpaired) electrons. The molecule has 2 aromatic rings. The van der Waals surface area contributed by atoms with Crippen LogP contribution in [0.3, 0.4) is 0 Å². The smallest absolute Gasteiger partial charge is 1.00 e. The van der Waals surface area contributed by atoms with Gasteiger partial charge in [0.15, 0.2) is 0 Å². The molecule has 28 heavy (non-hydrogen) atoms. The number of rotatable bonds is 6. The maximum Gasteiger partial charge on any atom is 4.00 e. The van der Waals surface area contributed by atoms with Crippen LogP contribution in [0.15, 0.2) is 77.4 Å². The number of allylic oxidation sites excluding steroid dienone is 4. The van der Waals surface area contributed by atoms with Crippen LogP contribution in [-0.4, -0.2) is 0 Å². The normalized spacial score (nSPS) is 12.8. The summed E-state index contributed by atoms with van der Waals surface area (Å²) in [6, 6.07) is 22.1.